The Labute approximate surface area is 243 Å². The van der Waals surface area contributed by atoms with Gasteiger partial charge in [0.05, 0.1) is 24.5 Å². The second-order valence-corrected chi connectivity index (χ2v) is 12.8. The molecule has 5 aliphatic rings. The number of carbonyl (C=O) groups is 3. The molecule has 8 heteroatoms. The first-order chi connectivity index (χ1) is 19.9. The summed E-state index contributed by atoms with van der Waals surface area (Å²) in [6.07, 6.45) is 15.0. The van der Waals surface area contributed by atoms with Crippen molar-refractivity contribution in [1.82, 2.24) is 10.2 Å². The second-order valence-electron chi connectivity index (χ2n) is 12.8. The predicted octanol–water partition coefficient (Wildman–Crippen LogP) is 4.98. The SMILES string of the molecule is CCOc1ccc(NC(=O)[C@H]2[C@H]3C=C[C@@]4(O3)[C@H]2C(=O)N(C2CCCCCCC2)[C@@H]4C(=O)N[C@@H]2CCCC[C@@H]2C)cc1. The standard InChI is InChI=1S/C33H45N3O5/c1-3-40-24-17-15-22(16-18-24)34-30(37)27-26-19-20-33(41-26)28(27)32(39)36(23-12-7-5-4-6-8-13-23)29(33)31(38)35-25-14-10-9-11-21(25)2/h15-21,23,25-29H,3-14H2,1-2H3,(H,34,37)(H,35,38)/t21-,25+,26+,27-,28+,29+,33+/m0/s1. The van der Waals surface area contributed by atoms with Gasteiger partial charge in [0.15, 0.2) is 0 Å². The van der Waals surface area contributed by atoms with Gasteiger partial charge in [-0.2, -0.15) is 0 Å². The summed E-state index contributed by atoms with van der Waals surface area (Å²) < 4.78 is 12.1. The third-order valence-corrected chi connectivity index (χ3v) is 10.2. The molecule has 6 rings (SSSR count). The number of ether oxygens (including phenoxy) is 2. The Balaban J connectivity index is 1.29. The Hall–Kier alpha value is -2.87. The molecular formula is C33H45N3O5. The highest BCUT2D eigenvalue weighted by atomic mass is 16.5. The van der Waals surface area contributed by atoms with Gasteiger partial charge in [0, 0.05) is 17.8 Å². The smallest absolute Gasteiger partial charge is 0.246 e. The van der Waals surface area contributed by atoms with E-state index in [0.717, 1.165) is 63.5 Å². The molecule has 3 aliphatic heterocycles. The molecule has 1 aromatic carbocycles. The summed E-state index contributed by atoms with van der Waals surface area (Å²) in [5.74, 6) is -0.754. The van der Waals surface area contributed by atoms with Gasteiger partial charge < -0.3 is 25.0 Å². The van der Waals surface area contributed by atoms with Gasteiger partial charge in [0.25, 0.3) is 0 Å². The molecule has 1 aromatic rings. The van der Waals surface area contributed by atoms with Crippen LogP contribution in [0.15, 0.2) is 36.4 Å². The fourth-order valence-electron chi connectivity index (χ4n) is 8.13. The molecule has 7 atom stereocenters. The van der Waals surface area contributed by atoms with Crippen molar-refractivity contribution >= 4 is 23.4 Å². The lowest BCUT2D eigenvalue weighted by Gasteiger charge is -2.39. The Morgan fingerprint density at radius 1 is 0.976 bits per heavy atom. The lowest BCUT2D eigenvalue weighted by Crippen LogP contribution is -2.59. The highest BCUT2D eigenvalue weighted by Crippen LogP contribution is 2.56. The Kier molecular flexibility index (Phi) is 8.12. The van der Waals surface area contributed by atoms with Crippen LogP contribution in [0.4, 0.5) is 5.69 Å². The maximum absolute atomic E-state index is 14.5. The van der Waals surface area contributed by atoms with Crippen molar-refractivity contribution in [3.63, 3.8) is 0 Å². The molecule has 0 radical (unpaired) electrons. The van der Waals surface area contributed by atoms with Crippen LogP contribution in [0, 0.1) is 17.8 Å². The van der Waals surface area contributed by atoms with Gasteiger partial charge in [-0.3, -0.25) is 14.4 Å². The molecule has 0 unspecified atom stereocenters. The van der Waals surface area contributed by atoms with Crippen molar-refractivity contribution in [1.29, 1.82) is 0 Å². The molecular weight excluding hydrogens is 518 g/mol. The molecule has 41 heavy (non-hydrogen) atoms. The van der Waals surface area contributed by atoms with Gasteiger partial charge in [0.2, 0.25) is 17.7 Å². The van der Waals surface area contributed by atoms with Crippen LogP contribution < -0.4 is 15.4 Å². The van der Waals surface area contributed by atoms with Crippen molar-refractivity contribution in [2.75, 3.05) is 11.9 Å². The van der Waals surface area contributed by atoms with E-state index in [1.807, 2.05) is 36.1 Å². The van der Waals surface area contributed by atoms with Crippen LogP contribution in [0.2, 0.25) is 0 Å². The van der Waals surface area contributed by atoms with E-state index < -0.39 is 29.6 Å². The molecule has 222 valence electrons. The Morgan fingerprint density at radius 2 is 1.66 bits per heavy atom. The van der Waals surface area contributed by atoms with E-state index in [4.69, 9.17) is 9.47 Å². The average molecular weight is 564 g/mol. The molecule has 1 spiro atoms. The normalized spacial score (nSPS) is 35.1. The number of anilines is 1. The van der Waals surface area contributed by atoms with Crippen molar-refractivity contribution < 1.29 is 23.9 Å². The Morgan fingerprint density at radius 3 is 2.37 bits per heavy atom. The Bertz CT molecular complexity index is 1160. The molecule has 0 aromatic heterocycles. The van der Waals surface area contributed by atoms with E-state index in [1.54, 1.807) is 12.1 Å². The fourth-order valence-corrected chi connectivity index (χ4v) is 8.13. The first-order valence-corrected chi connectivity index (χ1v) is 16.0. The summed E-state index contributed by atoms with van der Waals surface area (Å²) in [5, 5.41) is 6.38. The van der Waals surface area contributed by atoms with Gasteiger partial charge >= 0.3 is 0 Å². The van der Waals surface area contributed by atoms with Gasteiger partial charge in [-0.15, -0.1) is 0 Å². The number of likely N-dealkylation sites (tertiary alicyclic amines) is 1. The largest absolute Gasteiger partial charge is 0.494 e. The molecule has 4 fully saturated rings. The van der Waals surface area contributed by atoms with Crippen LogP contribution in [-0.4, -0.2) is 59.1 Å². The van der Waals surface area contributed by atoms with Crippen LogP contribution in [0.5, 0.6) is 5.75 Å². The van der Waals surface area contributed by atoms with Crippen molar-refractivity contribution in [3.05, 3.63) is 36.4 Å². The lowest BCUT2D eigenvalue weighted by molar-refractivity contribution is -0.144. The molecule has 2 saturated heterocycles. The molecule has 2 bridgehead atoms. The molecule has 8 nitrogen and oxygen atoms in total. The second kappa shape index (κ2) is 11.8. The van der Waals surface area contributed by atoms with E-state index >= 15 is 0 Å². The molecule has 2 N–H and O–H groups in total. The molecule has 3 heterocycles. The molecule has 2 aliphatic carbocycles. The number of carbonyl (C=O) groups excluding carboxylic acids is 3. The van der Waals surface area contributed by atoms with Crippen molar-refractivity contribution in [3.8, 4) is 5.75 Å². The first kappa shape index (κ1) is 28.3. The number of benzene rings is 1. The zero-order valence-electron chi connectivity index (χ0n) is 24.5. The zero-order valence-corrected chi connectivity index (χ0v) is 24.5. The minimum atomic E-state index is -1.12. The number of nitrogens with one attached hydrogen (secondary N) is 2. The van der Waals surface area contributed by atoms with Gasteiger partial charge in [-0.05, 0) is 62.8 Å². The minimum Gasteiger partial charge on any atom is -0.494 e. The fraction of sp³-hybridized carbons (Fsp3) is 0.667. The third kappa shape index (κ3) is 5.17. The summed E-state index contributed by atoms with van der Waals surface area (Å²) in [6, 6.07) is 6.57. The zero-order chi connectivity index (χ0) is 28.6. The molecule has 2 saturated carbocycles. The minimum absolute atomic E-state index is 0.0202. The van der Waals surface area contributed by atoms with Crippen LogP contribution in [0.1, 0.15) is 84.5 Å². The number of amides is 3. The first-order valence-electron chi connectivity index (χ1n) is 16.0. The van der Waals surface area contributed by atoms with Crippen molar-refractivity contribution in [2.45, 2.75) is 114 Å². The number of fused-ring (bicyclic) bond motifs is 1. The lowest BCUT2D eigenvalue weighted by atomic mass is 9.74. The van der Waals surface area contributed by atoms with Crippen LogP contribution in [0.3, 0.4) is 0 Å². The van der Waals surface area contributed by atoms with Crippen LogP contribution in [0.25, 0.3) is 0 Å². The van der Waals surface area contributed by atoms with E-state index in [2.05, 4.69) is 17.6 Å². The number of hydrogen-bond donors (Lipinski definition) is 2. The maximum Gasteiger partial charge on any atom is 0.246 e. The summed E-state index contributed by atoms with van der Waals surface area (Å²) in [6.45, 7) is 4.70. The van der Waals surface area contributed by atoms with E-state index in [9.17, 15) is 14.4 Å². The van der Waals surface area contributed by atoms with Gasteiger partial charge in [-0.1, -0.05) is 64.0 Å². The van der Waals surface area contributed by atoms with Crippen molar-refractivity contribution in [2.24, 2.45) is 17.8 Å². The van der Waals surface area contributed by atoms with Crippen LogP contribution >= 0.6 is 0 Å². The summed E-state index contributed by atoms with van der Waals surface area (Å²) in [7, 11) is 0. The summed E-state index contributed by atoms with van der Waals surface area (Å²) >= 11 is 0. The number of rotatable bonds is 7. The molecule has 3 amide bonds. The highest BCUT2D eigenvalue weighted by molar-refractivity contribution is 6.03. The maximum atomic E-state index is 14.5. The quantitative estimate of drug-likeness (QED) is 0.456. The summed E-state index contributed by atoms with van der Waals surface area (Å²) in [4.78, 5) is 44.4. The monoisotopic (exact) mass is 563 g/mol. The topological polar surface area (TPSA) is 97.0 Å². The third-order valence-electron chi connectivity index (χ3n) is 10.2. The number of hydrogen-bond acceptors (Lipinski definition) is 5. The highest BCUT2D eigenvalue weighted by Gasteiger charge is 2.73. The van der Waals surface area contributed by atoms with Gasteiger partial charge in [-0.25, -0.2) is 0 Å². The average Bonchev–Trinajstić information content (AvgIpc) is 3.59. The van der Waals surface area contributed by atoms with Crippen LogP contribution in [-0.2, 0) is 19.1 Å². The predicted molar refractivity (Wildman–Crippen MR) is 156 cm³/mol. The van der Waals surface area contributed by atoms with E-state index in [1.165, 1.54) is 12.8 Å². The summed E-state index contributed by atoms with van der Waals surface area (Å²) in [5.41, 5.74) is -0.477. The van der Waals surface area contributed by atoms with E-state index in [-0.39, 0.29) is 29.8 Å². The van der Waals surface area contributed by atoms with E-state index in [0.29, 0.717) is 18.2 Å². The number of nitrogens with zero attached hydrogens (tertiary/aromatic N) is 1. The van der Waals surface area contributed by atoms with Gasteiger partial charge in [0.1, 0.15) is 17.4 Å².